The Morgan fingerprint density at radius 2 is 1.83 bits per heavy atom. The number of nitrogens with zero attached hydrogens (tertiary/aromatic N) is 1. The predicted octanol–water partition coefficient (Wildman–Crippen LogP) is 3.82. The van der Waals surface area contributed by atoms with E-state index in [0.717, 1.165) is 28.9 Å². The Hall–Kier alpha value is -1.99. The zero-order valence-electron chi connectivity index (χ0n) is 17.7. The molecule has 7 heteroatoms. The van der Waals surface area contributed by atoms with Crippen LogP contribution in [-0.4, -0.2) is 38.9 Å². The molecule has 0 saturated carbocycles. The molecule has 2 rings (SSSR count). The molecule has 0 unspecified atom stereocenters. The summed E-state index contributed by atoms with van der Waals surface area (Å²) in [4.78, 5) is 12.6. The highest BCUT2D eigenvalue weighted by molar-refractivity contribution is 7.98. The number of nitrogens with one attached hydrogen (secondary N) is 1. The summed E-state index contributed by atoms with van der Waals surface area (Å²) in [5.74, 6) is 1.34. The summed E-state index contributed by atoms with van der Waals surface area (Å²) in [6.45, 7) is 8.07. The van der Waals surface area contributed by atoms with E-state index in [9.17, 15) is 13.2 Å². The number of hydrogen-bond acceptors (Lipinski definition) is 4. The fraction of sp³-hybridized carbons (Fsp3) is 0.409. The Bertz CT molecular complexity index is 958. The number of aryl methyl sites for hydroxylation is 3. The highest BCUT2D eigenvalue weighted by atomic mass is 32.2. The van der Waals surface area contributed by atoms with E-state index in [-0.39, 0.29) is 5.91 Å². The van der Waals surface area contributed by atoms with Gasteiger partial charge in [0.15, 0.2) is 0 Å². The summed E-state index contributed by atoms with van der Waals surface area (Å²) in [6, 6.07) is 12.9. The first-order chi connectivity index (χ1) is 13.6. The van der Waals surface area contributed by atoms with Crippen molar-refractivity contribution in [1.82, 2.24) is 5.32 Å². The number of carbonyl (C=O) groups is 1. The minimum Gasteiger partial charge on any atom is -0.353 e. The molecule has 29 heavy (non-hydrogen) atoms. The van der Waals surface area contributed by atoms with Crippen molar-refractivity contribution in [2.24, 2.45) is 0 Å². The van der Waals surface area contributed by atoms with Crippen LogP contribution < -0.4 is 9.62 Å². The van der Waals surface area contributed by atoms with E-state index in [4.69, 9.17) is 0 Å². The lowest BCUT2D eigenvalue weighted by Crippen LogP contribution is -2.48. The molecule has 0 aliphatic heterocycles. The number of hydrogen-bond donors (Lipinski definition) is 1. The first kappa shape index (κ1) is 23.3. The molecular formula is C22H30N2O3S2. The molecule has 0 aliphatic carbocycles. The molecular weight excluding hydrogens is 404 g/mol. The largest absolute Gasteiger partial charge is 0.353 e. The highest BCUT2D eigenvalue weighted by Gasteiger charge is 2.29. The second-order valence-corrected chi connectivity index (χ2v) is 10.3. The Labute approximate surface area is 178 Å². The van der Waals surface area contributed by atoms with Crippen LogP contribution in [0.5, 0.6) is 0 Å². The molecule has 0 saturated heterocycles. The van der Waals surface area contributed by atoms with E-state index >= 15 is 0 Å². The van der Waals surface area contributed by atoms with Crippen LogP contribution in [0.1, 0.15) is 29.2 Å². The van der Waals surface area contributed by atoms with Gasteiger partial charge in [-0.3, -0.25) is 9.10 Å². The maximum Gasteiger partial charge on any atom is 0.243 e. The number of anilines is 1. The molecule has 2 aromatic carbocycles. The Kier molecular flexibility index (Phi) is 8.16. The molecule has 1 atom stereocenters. The molecule has 0 spiro atoms. The summed E-state index contributed by atoms with van der Waals surface area (Å²) < 4.78 is 25.9. The highest BCUT2D eigenvalue weighted by Crippen LogP contribution is 2.23. The van der Waals surface area contributed by atoms with Crippen LogP contribution in [0.15, 0.2) is 42.5 Å². The van der Waals surface area contributed by atoms with Gasteiger partial charge in [-0.2, -0.15) is 11.8 Å². The zero-order valence-corrected chi connectivity index (χ0v) is 19.4. The quantitative estimate of drug-likeness (QED) is 0.610. The molecule has 0 aliphatic rings. The summed E-state index contributed by atoms with van der Waals surface area (Å²) >= 11 is 1.74. The van der Waals surface area contributed by atoms with Crippen molar-refractivity contribution in [3.8, 4) is 0 Å². The van der Waals surface area contributed by atoms with E-state index in [0.29, 0.717) is 12.2 Å². The van der Waals surface area contributed by atoms with E-state index in [1.807, 2.05) is 26.0 Å². The van der Waals surface area contributed by atoms with Gasteiger partial charge in [0.2, 0.25) is 15.9 Å². The molecule has 5 nitrogen and oxygen atoms in total. The zero-order chi connectivity index (χ0) is 21.6. The van der Waals surface area contributed by atoms with Crippen LogP contribution in [0.3, 0.4) is 0 Å². The van der Waals surface area contributed by atoms with Crippen molar-refractivity contribution in [3.05, 3.63) is 64.7 Å². The monoisotopic (exact) mass is 434 g/mol. The third kappa shape index (κ3) is 6.78. The molecule has 158 valence electrons. The van der Waals surface area contributed by atoms with Crippen molar-refractivity contribution in [2.45, 2.75) is 39.5 Å². The molecule has 2 aromatic rings. The Balaban J connectivity index is 1.94. The lowest BCUT2D eigenvalue weighted by Gasteiger charge is -2.28. The Morgan fingerprint density at radius 1 is 1.10 bits per heavy atom. The van der Waals surface area contributed by atoms with Crippen LogP contribution in [0.4, 0.5) is 5.69 Å². The lowest BCUT2D eigenvalue weighted by atomic mass is 10.1. The predicted molar refractivity (Wildman–Crippen MR) is 123 cm³/mol. The maximum atomic E-state index is 12.6. The summed E-state index contributed by atoms with van der Waals surface area (Å²) in [5, 5.41) is 2.86. The van der Waals surface area contributed by atoms with E-state index in [2.05, 4.69) is 30.4 Å². The standard InChI is InChI=1S/C22H30N2O3S2/c1-16-7-6-8-20(13-16)15-28-12-11-23-22(25)19(4)24(29(5,26)27)21-10-9-17(2)18(3)14-21/h6-10,13-14,19H,11-12,15H2,1-5H3,(H,23,25)/t19-/m0/s1. The molecule has 0 fully saturated rings. The topological polar surface area (TPSA) is 66.5 Å². The molecule has 0 aromatic heterocycles. The Morgan fingerprint density at radius 3 is 2.45 bits per heavy atom. The number of carbonyl (C=O) groups excluding carboxylic acids is 1. The van der Waals surface area contributed by atoms with Gasteiger partial charge in [0.1, 0.15) is 6.04 Å². The third-order valence-corrected chi connectivity index (χ3v) is 7.00. The van der Waals surface area contributed by atoms with Crippen LogP contribution in [-0.2, 0) is 20.6 Å². The molecule has 0 heterocycles. The van der Waals surface area contributed by atoms with E-state index < -0.39 is 16.1 Å². The van der Waals surface area contributed by atoms with Gasteiger partial charge >= 0.3 is 0 Å². The summed E-state index contributed by atoms with van der Waals surface area (Å²) in [7, 11) is -3.60. The smallest absolute Gasteiger partial charge is 0.243 e. The van der Waals surface area contributed by atoms with Crippen LogP contribution >= 0.6 is 11.8 Å². The summed E-state index contributed by atoms with van der Waals surface area (Å²) in [6.07, 6.45) is 1.13. The molecule has 0 bridgehead atoms. The average molecular weight is 435 g/mol. The molecule has 0 radical (unpaired) electrons. The normalized spacial score (nSPS) is 12.4. The average Bonchev–Trinajstić information content (AvgIpc) is 2.63. The lowest BCUT2D eigenvalue weighted by molar-refractivity contribution is -0.121. The minimum atomic E-state index is -3.60. The van der Waals surface area contributed by atoms with Crippen LogP contribution in [0.2, 0.25) is 0 Å². The number of thioether (sulfide) groups is 1. The number of rotatable bonds is 9. The summed E-state index contributed by atoms with van der Waals surface area (Å²) in [5.41, 5.74) is 5.05. The van der Waals surface area contributed by atoms with Crippen LogP contribution in [0, 0.1) is 20.8 Å². The first-order valence-electron chi connectivity index (χ1n) is 9.57. The van der Waals surface area contributed by atoms with Gasteiger partial charge in [-0.15, -0.1) is 0 Å². The van der Waals surface area contributed by atoms with E-state index in [1.165, 1.54) is 15.4 Å². The van der Waals surface area contributed by atoms with Crippen molar-refractivity contribution in [3.63, 3.8) is 0 Å². The van der Waals surface area contributed by atoms with Gasteiger partial charge in [-0.25, -0.2) is 8.42 Å². The van der Waals surface area contributed by atoms with Crippen molar-refractivity contribution < 1.29 is 13.2 Å². The van der Waals surface area contributed by atoms with Crippen LogP contribution in [0.25, 0.3) is 0 Å². The molecule has 1 N–H and O–H groups in total. The van der Waals surface area contributed by atoms with Crippen molar-refractivity contribution in [1.29, 1.82) is 0 Å². The van der Waals surface area contributed by atoms with Gasteiger partial charge in [-0.05, 0) is 56.5 Å². The fourth-order valence-electron chi connectivity index (χ4n) is 3.06. The fourth-order valence-corrected chi connectivity index (χ4v) is 5.03. The maximum absolute atomic E-state index is 12.6. The third-order valence-electron chi connectivity index (χ3n) is 4.73. The number of amides is 1. The van der Waals surface area contributed by atoms with Gasteiger partial charge < -0.3 is 5.32 Å². The van der Waals surface area contributed by atoms with Crippen molar-refractivity contribution >= 4 is 33.4 Å². The van der Waals surface area contributed by atoms with Gasteiger partial charge in [0, 0.05) is 18.1 Å². The van der Waals surface area contributed by atoms with Gasteiger partial charge in [0.25, 0.3) is 0 Å². The minimum absolute atomic E-state index is 0.301. The van der Waals surface area contributed by atoms with Crippen molar-refractivity contribution in [2.75, 3.05) is 22.9 Å². The second kappa shape index (κ2) is 10.2. The van der Waals surface area contributed by atoms with Gasteiger partial charge in [-0.1, -0.05) is 35.9 Å². The number of sulfonamides is 1. The first-order valence-corrected chi connectivity index (χ1v) is 12.6. The molecule has 1 amide bonds. The second-order valence-electron chi connectivity index (χ2n) is 7.34. The number of benzene rings is 2. The SMILES string of the molecule is Cc1cccc(CSCCNC(=O)[C@H](C)N(c2ccc(C)c(C)c2)S(C)(=O)=O)c1. The van der Waals surface area contributed by atoms with E-state index in [1.54, 1.807) is 30.8 Å². The van der Waals surface area contributed by atoms with Gasteiger partial charge in [0.05, 0.1) is 11.9 Å².